The van der Waals surface area contributed by atoms with Crippen molar-refractivity contribution < 1.29 is 9.90 Å². The Hall–Kier alpha value is -5.04. The van der Waals surface area contributed by atoms with Gasteiger partial charge in [0.2, 0.25) is 5.36 Å². The van der Waals surface area contributed by atoms with Gasteiger partial charge in [0.05, 0.1) is 21.9 Å². The van der Waals surface area contributed by atoms with Crippen LogP contribution in [0.1, 0.15) is 71.4 Å². The highest BCUT2D eigenvalue weighted by Crippen LogP contribution is 2.55. The first kappa shape index (κ1) is 30.8. The van der Waals surface area contributed by atoms with Crippen molar-refractivity contribution in [2.75, 3.05) is 19.0 Å². The second-order valence-corrected chi connectivity index (χ2v) is 17.4. The summed E-state index contributed by atoms with van der Waals surface area (Å²) in [6.07, 6.45) is 0.753. The summed E-state index contributed by atoms with van der Waals surface area (Å²) in [4.78, 5) is 17.8. The van der Waals surface area contributed by atoms with E-state index in [0.717, 1.165) is 22.8 Å². The van der Waals surface area contributed by atoms with Gasteiger partial charge in [0, 0.05) is 74.6 Å². The van der Waals surface area contributed by atoms with Crippen molar-refractivity contribution in [2.45, 2.75) is 45.2 Å². The number of aromatic carboxylic acids is 1. The molecule has 250 valence electrons. The Bertz CT molecular complexity index is 2850. The molecule has 3 aliphatic rings. The van der Waals surface area contributed by atoms with Crippen molar-refractivity contribution in [2.24, 2.45) is 0 Å². The van der Waals surface area contributed by atoms with E-state index in [0.29, 0.717) is 5.56 Å². The number of carbonyl (C=O) groups excluding carboxylic acids is 1. The zero-order chi connectivity index (χ0) is 35.1. The maximum absolute atomic E-state index is 12.8. The van der Waals surface area contributed by atoms with Crippen LogP contribution in [-0.4, -0.2) is 20.1 Å². The van der Waals surface area contributed by atoms with Gasteiger partial charge in [0.15, 0.2) is 5.54 Å². The normalized spacial score (nSPS) is 16.3. The quantitative estimate of drug-likeness (QED) is 0.172. The third-order valence-electron chi connectivity index (χ3n) is 12.1. The minimum atomic E-state index is -1.16. The predicted octanol–water partition coefficient (Wildman–Crippen LogP) is 8.02. The number of rotatable bonds is 2. The topological polar surface area (TPSA) is 46.4 Å². The van der Waals surface area contributed by atoms with E-state index >= 15 is 0 Å². The molecule has 1 aliphatic carbocycles. The average Bonchev–Trinajstić information content (AvgIpc) is 3.72. The largest absolute Gasteiger partial charge is 0.545 e. The molecule has 0 saturated carbocycles. The van der Waals surface area contributed by atoms with E-state index in [-0.39, 0.29) is 16.6 Å². The number of hydrogen-bond donors (Lipinski definition) is 0. The molecule has 2 aliphatic heterocycles. The summed E-state index contributed by atoms with van der Waals surface area (Å²) >= 11 is 3.71. The van der Waals surface area contributed by atoms with Gasteiger partial charge in [-0.1, -0.05) is 60.7 Å². The van der Waals surface area contributed by atoms with Gasteiger partial charge in [0.25, 0.3) is 0 Å². The molecule has 0 atom stereocenters. The number of anilines is 1. The molecule has 4 heterocycles. The molecule has 0 spiro atoms. The molecule has 5 aromatic carbocycles. The summed E-state index contributed by atoms with van der Waals surface area (Å²) in [6.45, 7) is 9.29. The van der Waals surface area contributed by atoms with Crippen LogP contribution in [-0.2, 0) is 17.5 Å². The van der Waals surface area contributed by atoms with E-state index in [2.05, 4.69) is 124 Å². The van der Waals surface area contributed by atoms with Crippen LogP contribution < -0.4 is 25.2 Å². The second-order valence-electron chi connectivity index (χ2n) is 15.3. The van der Waals surface area contributed by atoms with Crippen LogP contribution in [0.5, 0.6) is 0 Å². The van der Waals surface area contributed by atoms with Crippen molar-refractivity contribution in [3.05, 3.63) is 147 Å². The fourth-order valence-electron chi connectivity index (χ4n) is 9.08. The fraction of sp³-hybridized carbons (Fsp3) is 0.200. The number of nitrogens with zero attached hydrogens (tertiary/aromatic N) is 2. The number of thiophene rings is 2. The first-order valence-corrected chi connectivity index (χ1v) is 19.1. The number of carbonyl (C=O) groups is 1. The van der Waals surface area contributed by atoms with E-state index in [1.807, 2.05) is 34.8 Å². The van der Waals surface area contributed by atoms with E-state index in [9.17, 15) is 9.90 Å². The fourth-order valence-corrected chi connectivity index (χ4v) is 11.8. The third-order valence-corrected chi connectivity index (χ3v) is 14.5. The molecule has 0 N–H and O–H groups in total. The molecule has 0 amide bonds. The van der Waals surface area contributed by atoms with Gasteiger partial charge in [0.1, 0.15) is 7.05 Å². The molecule has 2 aromatic heterocycles. The molecule has 0 bridgehead atoms. The SMILES string of the molecule is CN1c2cc3c(cc2-c2sc4ccccc4c2C1(C)C)C(c1ccccc1C(=O)[O-])=c1cc2c(cc1C3)=[N+](C)C(C)(C)c1c-2sc2ccccc12. The van der Waals surface area contributed by atoms with Crippen LogP contribution in [0.2, 0.25) is 0 Å². The predicted molar refractivity (Wildman–Crippen MR) is 211 cm³/mol. The maximum Gasteiger partial charge on any atom is 0.209 e. The lowest BCUT2D eigenvalue weighted by molar-refractivity contribution is -0.255. The Morgan fingerprint density at radius 3 is 2.06 bits per heavy atom. The number of hydrogen-bond acceptors (Lipinski definition) is 5. The van der Waals surface area contributed by atoms with Gasteiger partial charge in [-0.15, -0.1) is 22.7 Å². The van der Waals surface area contributed by atoms with Gasteiger partial charge in [-0.05, 0) is 89.0 Å². The number of carboxylic acid groups (broad SMARTS) is 1. The standard InChI is InChI=1S/C45H36N2O2S2/c1-44(2)39-28-15-9-11-17-36(28)50-41(39)32-22-30-24(20-34(32)46(44)5)19-25-21-35-33(23-31(25)38(30)26-13-7-8-14-27(26)43(48)49)42-40(45(3,4)47(35)6)29-16-10-12-18-37(29)51-42/h7-18,20-23H,19H2,1-6H3. The third kappa shape index (κ3) is 4.00. The molecule has 51 heavy (non-hydrogen) atoms. The van der Waals surface area contributed by atoms with Crippen LogP contribution in [0.4, 0.5) is 5.69 Å². The van der Waals surface area contributed by atoms with Crippen molar-refractivity contribution in [3.63, 3.8) is 0 Å². The van der Waals surface area contributed by atoms with Crippen molar-refractivity contribution in [1.29, 1.82) is 0 Å². The molecular weight excluding hydrogens is 665 g/mol. The molecule has 0 unspecified atom stereocenters. The Morgan fingerprint density at radius 2 is 1.35 bits per heavy atom. The monoisotopic (exact) mass is 700 g/mol. The lowest BCUT2D eigenvalue weighted by Gasteiger charge is -2.43. The highest BCUT2D eigenvalue weighted by Gasteiger charge is 2.42. The molecule has 0 saturated heterocycles. The highest BCUT2D eigenvalue weighted by molar-refractivity contribution is 7.23. The van der Waals surface area contributed by atoms with E-state index in [1.54, 1.807) is 12.1 Å². The minimum absolute atomic E-state index is 0.211. The molecule has 0 fully saturated rings. The van der Waals surface area contributed by atoms with E-state index in [1.165, 1.54) is 74.4 Å². The van der Waals surface area contributed by atoms with E-state index < -0.39 is 5.97 Å². The summed E-state index contributed by atoms with van der Waals surface area (Å²) < 4.78 is 4.99. The maximum atomic E-state index is 12.8. The highest BCUT2D eigenvalue weighted by atomic mass is 32.1. The summed E-state index contributed by atoms with van der Waals surface area (Å²) in [7, 11) is 4.42. The lowest BCUT2D eigenvalue weighted by atomic mass is 9.77. The summed E-state index contributed by atoms with van der Waals surface area (Å²) in [5, 5.41) is 17.7. The summed E-state index contributed by atoms with van der Waals surface area (Å²) in [5.74, 6) is -1.16. The van der Waals surface area contributed by atoms with Crippen LogP contribution >= 0.6 is 22.7 Å². The Labute approximate surface area is 304 Å². The minimum Gasteiger partial charge on any atom is -0.545 e. The lowest BCUT2D eigenvalue weighted by Crippen LogP contribution is -2.46. The first-order valence-electron chi connectivity index (χ1n) is 17.5. The smallest absolute Gasteiger partial charge is 0.209 e. The Kier molecular flexibility index (Phi) is 6.20. The van der Waals surface area contributed by atoms with Crippen molar-refractivity contribution in [1.82, 2.24) is 4.58 Å². The molecule has 7 aromatic rings. The zero-order valence-corrected chi connectivity index (χ0v) is 31.1. The molecule has 4 nitrogen and oxygen atoms in total. The molecule has 6 heteroatoms. The first-order chi connectivity index (χ1) is 24.5. The van der Waals surface area contributed by atoms with Gasteiger partial charge >= 0.3 is 0 Å². The molecule has 0 radical (unpaired) electrons. The number of carboxylic acids is 1. The van der Waals surface area contributed by atoms with Crippen LogP contribution in [0.3, 0.4) is 0 Å². The Balaban J connectivity index is 1.35. The number of fused-ring (bicyclic) bond motifs is 12. The zero-order valence-electron chi connectivity index (χ0n) is 29.5. The summed E-state index contributed by atoms with van der Waals surface area (Å²) in [5.41, 5.74) is 11.2. The van der Waals surface area contributed by atoms with Gasteiger partial charge in [-0.25, -0.2) is 4.58 Å². The molecular formula is C45H36N2O2S2. The van der Waals surface area contributed by atoms with Gasteiger partial charge < -0.3 is 14.8 Å². The van der Waals surface area contributed by atoms with Crippen LogP contribution in [0.15, 0.2) is 97.1 Å². The molecule has 10 rings (SSSR count). The van der Waals surface area contributed by atoms with E-state index in [4.69, 9.17) is 0 Å². The van der Waals surface area contributed by atoms with Gasteiger partial charge in [-0.2, -0.15) is 0 Å². The average molecular weight is 701 g/mol. The van der Waals surface area contributed by atoms with Crippen LogP contribution in [0.25, 0.3) is 46.6 Å². The second kappa shape index (κ2) is 10.3. The van der Waals surface area contributed by atoms with Crippen molar-refractivity contribution in [3.8, 4) is 20.9 Å². The van der Waals surface area contributed by atoms with Gasteiger partial charge in [-0.3, -0.25) is 0 Å². The Morgan fingerprint density at radius 1 is 0.725 bits per heavy atom. The van der Waals surface area contributed by atoms with Crippen LogP contribution in [0, 0.1) is 0 Å². The number of benzene rings is 5. The van der Waals surface area contributed by atoms with Crippen molar-refractivity contribution >= 4 is 60.1 Å². The summed E-state index contributed by atoms with van der Waals surface area (Å²) in [6, 6.07) is 34.3.